The smallest absolute Gasteiger partial charge is 0.224 e. The molecule has 1 N–H and O–H groups in total. The number of carbonyl (C=O) groups excluding carboxylic acids is 1. The van der Waals surface area contributed by atoms with Crippen molar-refractivity contribution in [3.8, 4) is 0 Å². The number of nitrogens with one attached hydrogen (secondary N) is 1. The van der Waals surface area contributed by atoms with Crippen molar-refractivity contribution in [1.29, 1.82) is 0 Å². The SMILES string of the molecule is CN1CCC2=C(c3ccccc3)CC[C@@H](C(=O)NCc3ccccc3)[C@H]2C1. The van der Waals surface area contributed by atoms with Crippen molar-refractivity contribution in [2.75, 3.05) is 20.1 Å². The molecule has 1 fully saturated rings. The van der Waals surface area contributed by atoms with E-state index in [1.54, 1.807) is 0 Å². The minimum absolute atomic E-state index is 0.0823. The lowest BCUT2D eigenvalue weighted by atomic mass is 9.70. The van der Waals surface area contributed by atoms with Crippen molar-refractivity contribution in [1.82, 2.24) is 10.2 Å². The number of nitrogens with zero attached hydrogens (tertiary/aromatic N) is 1. The van der Waals surface area contributed by atoms with Gasteiger partial charge in [-0.05, 0) is 43.0 Å². The number of hydrogen-bond donors (Lipinski definition) is 1. The molecule has 0 saturated carbocycles. The third-order valence-corrected chi connectivity index (χ3v) is 6.07. The molecule has 2 atom stereocenters. The topological polar surface area (TPSA) is 32.3 Å². The lowest BCUT2D eigenvalue weighted by molar-refractivity contribution is -0.127. The Kier molecular flexibility index (Phi) is 5.40. The first-order valence-electron chi connectivity index (χ1n) is 10.00. The zero-order valence-electron chi connectivity index (χ0n) is 16.0. The van der Waals surface area contributed by atoms with Crippen LogP contribution in [0.3, 0.4) is 0 Å². The van der Waals surface area contributed by atoms with Gasteiger partial charge in [-0.1, -0.05) is 66.2 Å². The molecule has 4 rings (SSSR count). The number of hydrogen-bond acceptors (Lipinski definition) is 2. The van der Waals surface area contributed by atoms with E-state index in [4.69, 9.17) is 0 Å². The quantitative estimate of drug-likeness (QED) is 0.890. The molecule has 1 amide bonds. The molecule has 140 valence electrons. The number of likely N-dealkylation sites (tertiary alicyclic amines) is 1. The molecule has 27 heavy (non-hydrogen) atoms. The van der Waals surface area contributed by atoms with E-state index in [1.807, 2.05) is 18.2 Å². The Bertz CT molecular complexity index is 813. The Labute approximate surface area is 162 Å². The molecule has 2 aromatic carbocycles. The lowest BCUT2D eigenvalue weighted by Gasteiger charge is -2.41. The van der Waals surface area contributed by atoms with Gasteiger partial charge in [0.05, 0.1) is 0 Å². The Morgan fingerprint density at radius 2 is 1.74 bits per heavy atom. The van der Waals surface area contributed by atoms with E-state index >= 15 is 0 Å². The average Bonchev–Trinajstić information content (AvgIpc) is 2.72. The summed E-state index contributed by atoms with van der Waals surface area (Å²) in [6.07, 6.45) is 3.02. The van der Waals surface area contributed by atoms with Crippen molar-refractivity contribution >= 4 is 11.5 Å². The van der Waals surface area contributed by atoms with E-state index < -0.39 is 0 Å². The highest BCUT2D eigenvalue weighted by molar-refractivity contribution is 5.82. The number of allylic oxidation sites excluding steroid dienone is 1. The molecule has 0 unspecified atom stereocenters. The molecule has 3 heteroatoms. The van der Waals surface area contributed by atoms with Gasteiger partial charge in [-0.15, -0.1) is 0 Å². The van der Waals surface area contributed by atoms with Gasteiger partial charge in [0.15, 0.2) is 0 Å². The second-order valence-electron chi connectivity index (χ2n) is 7.84. The average molecular weight is 361 g/mol. The fraction of sp³-hybridized carbons (Fsp3) is 0.375. The molecule has 0 bridgehead atoms. The lowest BCUT2D eigenvalue weighted by Crippen LogP contribution is -2.45. The maximum atomic E-state index is 13.0. The Morgan fingerprint density at radius 3 is 2.48 bits per heavy atom. The van der Waals surface area contributed by atoms with E-state index in [1.165, 1.54) is 16.7 Å². The van der Waals surface area contributed by atoms with E-state index in [0.717, 1.165) is 37.9 Å². The maximum Gasteiger partial charge on any atom is 0.224 e. The van der Waals surface area contributed by atoms with Crippen molar-refractivity contribution < 1.29 is 4.79 Å². The highest BCUT2D eigenvalue weighted by Crippen LogP contribution is 2.43. The molecule has 1 aliphatic carbocycles. The zero-order valence-corrected chi connectivity index (χ0v) is 16.0. The summed E-state index contributed by atoms with van der Waals surface area (Å²) >= 11 is 0. The number of carbonyl (C=O) groups is 1. The minimum Gasteiger partial charge on any atom is -0.352 e. The van der Waals surface area contributed by atoms with Crippen LogP contribution in [0, 0.1) is 11.8 Å². The van der Waals surface area contributed by atoms with Crippen LogP contribution in [0.2, 0.25) is 0 Å². The van der Waals surface area contributed by atoms with Crippen LogP contribution in [0.5, 0.6) is 0 Å². The van der Waals surface area contributed by atoms with Crippen LogP contribution >= 0.6 is 0 Å². The predicted molar refractivity (Wildman–Crippen MR) is 110 cm³/mol. The van der Waals surface area contributed by atoms with Crippen molar-refractivity contribution in [3.05, 3.63) is 77.4 Å². The maximum absolute atomic E-state index is 13.0. The fourth-order valence-electron chi connectivity index (χ4n) is 4.64. The molecular formula is C24H28N2O. The molecule has 2 aliphatic rings. The highest BCUT2D eigenvalue weighted by Gasteiger charge is 2.38. The van der Waals surface area contributed by atoms with Crippen LogP contribution in [0.15, 0.2) is 66.2 Å². The second kappa shape index (κ2) is 8.10. The van der Waals surface area contributed by atoms with Gasteiger partial charge in [-0.25, -0.2) is 0 Å². The first-order valence-corrected chi connectivity index (χ1v) is 10.00. The predicted octanol–water partition coefficient (Wildman–Crippen LogP) is 4.12. The number of benzene rings is 2. The summed E-state index contributed by atoms with van der Waals surface area (Å²) in [4.78, 5) is 15.4. The molecule has 0 aromatic heterocycles. The third-order valence-electron chi connectivity index (χ3n) is 6.07. The first kappa shape index (κ1) is 18.0. The zero-order chi connectivity index (χ0) is 18.6. The van der Waals surface area contributed by atoms with Crippen LogP contribution in [-0.4, -0.2) is 30.9 Å². The van der Waals surface area contributed by atoms with Gasteiger partial charge in [0.2, 0.25) is 5.91 Å². The Hall–Kier alpha value is -2.39. The molecule has 1 aliphatic heterocycles. The van der Waals surface area contributed by atoms with Crippen molar-refractivity contribution in [2.24, 2.45) is 11.8 Å². The van der Waals surface area contributed by atoms with Crippen molar-refractivity contribution in [3.63, 3.8) is 0 Å². The van der Waals surface area contributed by atoms with E-state index in [0.29, 0.717) is 12.5 Å². The molecular weight excluding hydrogens is 332 g/mol. The summed E-state index contributed by atoms with van der Waals surface area (Å²) in [6, 6.07) is 20.9. The number of amides is 1. The Morgan fingerprint density at radius 1 is 1.04 bits per heavy atom. The summed E-state index contributed by atoms with van der Waals surface area (Å²) < 4.78 is 0. The summed E-state index contributed by atoms with van der Waals surface area (Å²) in [5.74, 6) is 0.631. The summed E-state index contributed by atoms with van der Waals surface area (Å²) in [5, 5.41) is 3.19. The van der Waals surface area contributed by atoms with Gasteiger partial charge < -0.3 is 10.2 Å². The van der Waals surface area contributed by atoms with E-state index in [9.17, 15) is 4.79 Å². The third kappa shape index (κ3) is 3.98. The van der Waals surface area contributed by atoms with E-state index in [2.05, 4.69) is 59.7 Å². The fourth-order valence-corrected chi connectivity index (χ4v) is 4.64. The summed E-state index contributed by atoms with van der Waals surface area (Å²) in [7, 11) is 2.17. The summed E-state index contributed by atoms with van der Waals surface area (Å²) in [5.41, 5.74) is 5.50. The molecule has 3 nitrogen and oxygen atoms in total. The van der Waals surface area contributed by atoms with Crippen LogP contribution in [0.1, 0.15) is 30.4 Å². The van der Waals surface area contributed by atoms with Gasteiger partial charge in [0, 0.05) is 31.5 Å². The van der Waals surface area contributed by atoms with Gasteiger partial charge in [-0.2, -0.15) is 0 Å². The number of rotatable bonds is 4. The largest absolute Gasteiger partial charge is 0.352 e. The van der Waals surface area contributed by atoms with Crippen molar-refractivity contribution in [2.45, 2.75) is 25.8 Å². The summed E-state index contributed by atoms with van der Waals surface area (Å²) in [6.45, 7) is 2.68. The number of fused-ring (bicyclic) bond motifs is 1. The van der Waals surface area contributed by atoms with Crippen LogP contribution in [-0.2, 0) is 11.3 Å². The normalized spacial score (nSPS) is 23.0. The van der Waals surface area contributed by atoms with Gasteiger partial charge in [-0.3, -0.25) is 4.79 Å². The molecule has 1 heterocycles. The van der Waals surface area contributed by atoms with Crippen LogP contribution in [0.4, 0.5) is 0 Å². The Balaban J connectivity index is 1.54. The van der Waals surface area contributed by atoms with Gasteiger partial charge in [0.25, 0.3) is 0 Å². The second-order valence-corrected chi connectivity index (χ2v) is 7.84. The van der Waals surface area contributed by atoms with Crippen LogP contribution < -0.4 is 5.32 Å². The monoisotopic (exact) mass is 360 g/mol. The highest BCUT2D eigenvalue weighted by atomic mass is 16.1. The van der Waals surface area contributed by atoms with Crippen LogP contribution in [0.25, 0.3) is 5.57 Å². The molecule has 2 aromatic rings. The molecule has 1 saturated heterocycles. The first-order chi connectivity index (χ1) is 13.2. The van der Waals surface area contributed by atoms with E-state index in [-0.39, 0.29) is 11.8 Å². The molecule has 0 spiro atoms. The number of piperidine rings is 1. The van der Waals surface area contributed by atoms with Gasteiger partial charge >= 0.3 is 0 Å². The minimum atomic E-state index is 0.0823. The molecule has 0 radical (unpaired) electrons. The standard InChI is InChI=1S/C24H28N2O/c1-26-15-14-21-20(19-10-6-3-7-11-19)12-13-22(23(21)17-26)24(27)25-16-18-8-4-2-5-9-18/h2-11,22-23H,12-17H2,1H3,(H,25,27)/t22-,23+/m1/s1. The van der Waals surface area contributed by atoms with Gasteiger partial charge in [0.1, 0.15) is 0 Å².